The molecule has 1 aliphatic rings. The molecular weight excluding hydrogens is 528 g/mol. The Morgan fingerprint density at radius 1 is 0.814 bits per heavy atom. The van der Waals surface area contributed by atoms with Crippen molar-refractivity contribution in [1.82, 2.24) is 0 Å². The lowest BCUT2D eigenvalue weighted by Crippen LogP contribution is -2.38. The van der Waals surface area contributed by atoms with E-state index in [2.05, 4.69) is 58.9 Å². The van der Waals surface area contributed by atoms with Crippen LogP contribution in [0.4, 0.5) is 0 Å². The SMILES string of the molecule is Cc1cccc(C(=O)CC(Cc2ccccc2)C(C)C(=O)C2CCC(C)(C)C2C(=O)CCc2ccc(C)c(C)c2C)c1C. The van der Waals surface area contributed by atoms with Gasteiger partial charge in [-0.15, -0.1) is 0 Å². The van der Waals surface area contributed by atoms with Crippen LogP contribution in [0.3, 0.4) is 0 Å². The highest BCUT2D eigenvalue weighted by atomic mass is 16.1. The summed E-state index contributed by atoms with van der Waals surface area (Å²) in [5.74, 6) is -0.609. The second-order valence-electron chi connectivity index (χ2n) is 13.9. The predicted octanol–water partition coefficient (Wildman–Crippen LogP) is 9.12. The molecule has 0 bridgehead atoms. The molecular formula is C40H50O3. The number of rotatable bonds is 12. The monoisotopic (exact) mass is 578 g/mol. The molecule has 3 nitrogen and oxygen atoms in total. The van der Waals surface area contributed by atoms with Crippen molar-refractivity contribution in [3.63, 3.8) is 0 Å². The standard InChI is InChI=1S/C40H50O3/c1-25-13-12-16-34(28(25)4)37(42)24-33(23-31-14-10-9-11-15-31)30(6)39(43)35-21-22-40(7,8)38(35)36(41)20-19-32-18-17-26(2)27(3)29(32)5/h9-18,30,33,35,38H,19-24H2,1-8H3. The molecule has 0 amide bonds. The summed E-state index contributed by atoms with van der Waals surface area (Å²) in [6.07, 6.45) is 3.72. The number of hydrogen-bond acceptors (Lipinski definition) is 3. The number of aryl methyl sites for hydroxylation is 3. The molecule has 3 heteroatoms. The number of hydrogen-bond donors (Lipinski definition) is 0. The van der Waals surface area contributed by atoms with Gasteiger partial charge in [0.15, 0.2) is 5.78 Å². The van der Waals surface area contributed by atoms with Crippen molar-refractivity contribution in [3.8, 4) is 0 Å². The van der Waals surface area contributed by atoms with Crippen molar-refractivity contribution in [2.24, 2.45) is 29.1 Å². The van der Waals surface area contributed by atoms with Gasteiger partial charge < -0.3 is 0 Å². The molecule has 4 rings (SSSR count). The van der Waals surface area contributed by atoms with E-state index in [1.54, 1.807) is 0 Å². The smallest absolute Gasteiger partial charge is 0.163 e. The minimum absolute atomic E-state index is 0.0879. The molecule has 0 aliphatic heterocycles. The Morgan fingerprint density at radius 3 is 2.19 bits per heavy atom. The molecule has 228 valence electrons. The summed E-state index contributed by atoms with van der Waals surface area (Å²) in [7, 11) is 0. The van der Waals surface area contributed by atoms with Crippen LogP contribution in [0.15, 0.2) is 60.7 Å². The van der Waals surface area contributed by atoms with Crippen LogP contribution in [-0.2, 0) is 22.4 Å². The maximum Gasteiger partial charge on any atom is 0.163 e. The molecule has 1 saturated carbocycles. The van der Waals surface area contributed by atoms with Crippen LogP contribution in [0.25, 0.3) is 0 Å². The second-order valence-corrected chi connectivity index (χ2v) is 13.9. The Hall–Kier alpha value is -3.33. The molecule has 0 saturated heterocycles. The van der Waals surface area contributed by atoms with Gasteiger partial charge in [-0.3, -0.25) is 14.4 Å². The van der Waals surface area contributed by atoms with Crippen LogP contribution in [0.1, 0.15) is 95.8 Å². The first-order valence-electron chi connectivity index (χ1n) is 16.1. The Bertz CT molecular complexity index is 1480. The number of carbonyl (C=O) groups is 3. The third kappa shape index (κ3) is 7.25. The van der Waals surface area contributed by atoms with Crippen molar-refractivity contribution < 1.29 is 14.4 Å². The van der Waals surface area contributed by atoms with Gasteiger partial charge in [0, 0.05) is 36.2 Å². The summed E-state index contributed by atoms with van der Waals surface area (Å²) in [5, 5.41) is 0. The molecule has 0 N–H and O–H groups in total. The van der Waals surface area contributed by atoms with Crippen LogP contribution in [-0.4, -0.2) is 17.3 Å². The Kier molecular flexibility index (Phi) is 10.3. The summed E-state index contributed by atoms with van der Waals surface area (Å²) in [6.45, 7) is 16.7. The largest absolute Gasteiger partial charge is 0.299 e. The molecule has 4 unspecified atom stereocenters. The maximum atomic E-state index is 14.4. The number of carbonyl (C=O) groups excluding carboxylic acids is 3. The zero-order valence-corrected chi connectivity index (χ0v) is 27.6. The van der Waals surface area contributed by atoms with Gasteiger partial charge in [-0.25, -0.2) is 0 Å². The van der Waals surface area contributed by atoms with Gasteiger partial charge in [-0.2, -0.15) is 0 Å². The average Bonchev–Trinajstić information content (AvgIpc) is 3.30. The quantitative estimate of drug-likeness (QED) is 0.201. The van der Waals surface area contributed by atoms with E-state index in [0.29, 0.717) is 25.7 Å². The van der Waals surface area contributed by atoms with Crippen molar-refractivity contribution in [2.75, 3.05) is 0 Å². The minimum atomic E-state index is -0.328. The highest BCUT2D eigenvalue weighted by Crippen LogP contribution is 2.49. The van der Waals surface area contributed by atoms with E-state index >= 15 is 0 Å². The van der Waals surface area contributed by atoms with Crippen LogP contribution < -0.4 is 0 Å². The summed E-state index contributed by atoms with van der Waals surface area (Å²) >= 11 is 0. The number of ketones is 3. The zero-order chi connectivity index (χ0) is 31.5. The zero-order valence-electron chi connectivity index (χ0n) is 27.6. The average molecular weight is 579 g/mol. The molecule has 0 heterocycles. The van der Waals surface area contributed by atoms with Gasteiger partial charge in [0.25, 0.3) is 0 Å². The van der Waals surface area contributed by atoms with Gasteiger partial charge >= 0.3 is 0 Å². The van der Waals surface area contributed by atoms with E-state index < -0.39 is 0 Å². The number of Topliss-reactive ketones (excluding diaryl/α,β-unsaturated/α-hetero) is 3. The lowest BCUT2D eigenvalue weighted by atomic mass is 9.70. The first-order valence-corrected chi connectivity index (χ1v) is 16.1. The summed E-state index contributed by atoms with van der Waals surface area (Å²) in [4.78, 5) is 42.0. The molecule has 0 spiro atoms. The van der Waals surface area contributed by atoms with Crippen LogP contribution in [0.2, 0.25) is 0 Å². The first-order chi connectivity index (χ1) is 20.3. The van der Waals surface area contributed by atoms with Crippen LogP contribution in [0, 0.1) is 63.7 Å². The van der Waals surface area contributed by atoms with E-state index in [4.69, 9.17) is 0 Å². The Labute approximate surface area is 259 Å². The summed E-state index contributed by atoms with van der Waals surface area (Å²) < 4.78 is 0. The topological polar surface area (TPSA) is 51.2 Å². The van der Waals surface area contributed by atoms with Crippen LogP contribution >= 0.6 is 0 Å². The normalized spacial score (nSPS) is 19.2. The lowest BCUT2D eigenvalue weighted by Gasteiger charge is -2.32. The molecule has 1 fully saturated rings. The molecule has 0 radical (unpaired) electrons. The lowest BCUT2D eigenvalue weighted by molar-refractivity contribution is -0.136. The second kappa shape index (κ2) is 13.5. The van der Waals surface area contributed by atoms with Crippen LogP contribution in [0.5, 0.6) is 0 Å². The van der Waals surface area contributed by atoms with Gasteiger partial charge in [-0.05, 0) is 111 Å². The molecule has 1 aliphatic carbocycles. The fourth-order valence-electron chi connectivity index (χ4n) is 7.37. The minimum Gasteiger partial charge on any atom is -0.299 e. The first kappa shape index (κ1) is 32.6. The third-order valence-electron chi connectivity index (χ3n) is 10.7. The summed E-state index contributed by atoms with van der Waals surface area (Å²) in [6, 6.07) is 20.3. The molecule has 4 atom stereocenters. The molecule has 43 heavy (non-hydrogen) atoms. The van der Waals surface area contributed by atoms with Gasteiger partial charge in [0.2, 0.25) is 0 Å². The van der Waals surface area contributed by atoms with Crippen molar-refractivity contribution in [3.05, 3.63) is 105 Å². The van der Waals surface area contributed by atoms with E-state index in [1.165, 1.54) is 22.3 Å². The van der Waals surface area contributed by atoms with Gasteiger partial charge in [0.1, 0.15) is 11.6 Å². The van der Waals surface area contributed by atoms with Crippen molar-refractivity contribution >= 4 is 17.3 Å². The fourth-order valence-corrected chi connectivity index (χ4v) is 7.37. The van der Waals surface area contributed by atoms with E-state index in [0.717, 1.165) is 35.1 Å². The van der Waals surface area contributed by atoms with E-state index in [1.807, 2.05) is 57.2 Å². The maximum absolute atomic E-state index is 14.4. The third-order valence-corrected chi connectivity index (χ3v) is 10.7. The molecule has 0 aromatic heterocycles. The van der Waals surface area contributed by atoms with Crippen molar-refractivity contribution in [1.29, 1.82) is 0 Å². The van der Waals surface area contributed by atoms with E-state index in [-0.39, 0.29) is 46.4 Å². The van der Waals surface area contributed by atoms with Gasteiger partial charge in [-0.1, -0.05) is 81.4 Å². The van der Waals surface area contributed by atoms with Gasteiger partial charge in [0.05, 0.1) is 0 Å². The Morgan fingerprint density at radius 2 is 1.49 bits per heavy atom. The predicted molar refractivity (Wildman–Crippen MR) is 177 cm³/mol. The Balaban J connectivity index is 1.56. The van der Waals surface area contributed by atoms with Crippen molar-refractivity contribution in [2.45, 2.75) is 93.9 Å². The highest BCUT2D eigenvalue weighted by Gasteiger charge is 2.49. The number of benzene rings is 3. The highest BCUT2D eigenvalue weighted by molar-refractivity contribution is 5.98. The molecule has 3 aromatic rings. The molecule has 3 aromatic carbocycles. The van der Waals surface area contributed by atoms with E-state index in [9.17, 15) is 14.4 Å². The summed E-state index contributed by atoms with van der Waals surface area (Å²) in [5.41, 5.74) is 8.79. The fraction of sp³-hybridized carbons (Fsp3) is 0.475.